The van der Waals surface area contributed by atoms with Gasteiger partial charge in [0, 0.05) is 31.6 Å². The molecule has 2 aromatic rings. The second kappa shape index (κ2) is 7.61. The molecule has 3 heterocycles. The molecule has 0 saturated carbocycles. The molecule has 1 saturated heterocycles. The van der Waals surface area contributed by atoms with E-state index in [-0.39, 0.29) is 23.9 Å². The molecule has 164 valence electrons. The van der Waals surface area contributed by atoms with Crippen molar-refractivity contribution >= 4 is 10.0 Å². The molecule has 0 bridgehead atoms. The van der Waals surface area contributed by atoms with Gasteiger partial charge in [0.05, 0.1) is 17.0 Å². The lowest BCUT2D eigenvalue weighted by Gasteiger charge is -2.28. The maximum absolute atomic E-state index is 12.9. The molecule has 0 N–H and O–H groups in total. The second-order valence-corrected chi connectivity index (χ2v) is 10.00. The fraction of sp³-hybridized carbons (Fsp3) is 0.579. The lowest BCUT2D eigenvalue weighted by Crippen LogP contribution is -2.39. The number of nitrogens with zero attached hydrogens (tertiary/aromatic N) is 5. The van der Waals surface area contributed by atoms with Gasteiger partial charge < -0.3 is 9.47 Å². The van der Waals surface area contributed by atoms with Gasteiger partial charge >= 0.3 is 6.18 Å². The number of rotatable bonds is 4. The maximum Gasteiger partial charge on any atom is 0.416 e. The van der Waals surface area contributed by atoms with Gasteiger partial charge in [0.25, 0.3) is 0 Å². The molecular weight excluding hydrogens is 419 g/mol. The average Bonchev–Trinajstić information content (AvgIpc) is 3.33. The number of sulfonamides is 1. The van der Waals surface area contributed by atoms with E-state index in [1.165, 1.54) is 4.31 Å². The van der Waals surface area contributed by atoms with Gasteiger partial charge in [-0.05, 0) is 51.1 Å². The Bertz CT molecular complexity index is 1020. The van der Waals surface area contributed by atoms with Crippen LogP contribution in [-0.4, -0.2) is 58.1 Å². The van der Waals surface area contributed by atoms with Crippen LogP contribution in [0.2, 0.25) is 0 Å². The van der Waals surface area contributed by atoms with Crippen molar-refractivity contribution in [1.29, 1.82) is 0 Å². The Hall–Kier alpha value is -1.98. The van der Waals surface area contributed by atoms with Crippen LogP contribution in [0.1, 0.15) is 43.4 Å². The Balaban J connectivity index is 1.51. The van der Waals surface area contributed by atoms with Crippen LogP contribution in [0, 0.1) is 0 Å². The molecule has 7 nitrogen and oxygen atoms in total. The van der Waals surface area contributed by atoms with Crippen LogP contribution in [-0.2, 0) is 29.3 Å². The highest BCUT2D eigenvalue weighted by Gasteiger charge is 2.35. The Morgan fingerprint density at radius 1 is 1.07 bits per heavy atom. The van der Waals surface area contributed by atoms with Crippen LogP contribution in [0.15, 0.2) is 29.2 Å². The van der Waals surface area contributed by atoms with Crippen molar-refractivity contribution in [3.8, 4) is 0 Å². The zero-order valence-corrected chi connectivity index (χ0v) is 17.6. The first-order chi connectivity index (χ1) is 14.1. The second-order valence-electron chi connectivity index (χ2n) is 8.06. The van der Waals surface area contributed by atoms with Gasteiger partial charge in [-0.25, -0.2) is 8.42 Å². The zero-order chi connectivity index (χ0) is 21.7. The normalized spacial score (nSPS) is 21.3. The van der Waals surface area contributed by atoms with Crippen molar-refractivity contribution in [2.24, 2.45) is 0 Å². The summed E-state index contributed by atoms with van der Waals surface area (Å²) in [5.41, 5.74) is -0.878. The van der Waals surface area contributed by atoms with Gasteiger partial charge in [-0.2, -0.15) is 17.5 Å². The molecule has 2 aliphatic rings. The van der Waals surface area contributed by atoms with Crippen molar-refractivity contribution in [1.82, 2.24) is 24.0 Å². The molecule has 1 fully saturated rings. The summed E-state index contributed by atoms with van der Waals surface area (Å²) in [5, 5.41) is 8.56. The number of fused-ring (bicyclic) bond motifs is 1. The number of halogens is 3. The van der Waals surface area contributed by atoms with Gasteiger partial charge in [0.1, 0.15) is 11.6 Å². The van der Waals surface area contributed by atoms with E-state index in [1.807, 2.05) is 4.57 Å². The lowest BCUT2D eigenvalue weighted by atomic mass is 10.1. The summed E-state index contributed by atoms with van der Waals surface area (Å²) in [6.45, 7) is 6.92. The highest BCUT2D eigenvalue weighted by molar-refractivity contribution is 7.89. The third-order valence-electron chi connectivity index (χ3n) is 5.88. The minimum atomic E-state index is -4.51. The summed E-state index contributed by atoms with van der Waals surface area (Å²) in [4.78, 5) is 2.23. The predicted octanol–water partition coefficient (Wildman–Crippen LogP) is 2.70. The Morgan fingerprint density at radius 2 is 1.77 bits per heavy atom. The first kappa shape index (κ1) is 21.3. The van der Waals surface area contributed by atoms with Gasteiger partial charge in [-0.3, -0.25) is 0 Å². The Morgan fingerprint density at radius 3 is 2.37 bits per heavy atom. The molecule has 0 amide bonds. The SMILES string of the molecule is CC(C)N1CCC(c2nnc3n2CCN(S(=O)(=O)c2ccc(C(F)(F)F)cc2)C3)C1. The largest absolute Gasteiger partial charge is 0.416 e. The predicted molar refractivity (Wildman–Crippen MR) is 103 cm³/mol. The van der Waals surface area contributed by atoms with E-state index in [0.29, 0.717) is 18.4 Å². The molecule has 1 unspecified atom stereocenters. The van der Waals surface area contributed by atoms with Crippen molar-refractivity contribution in [3.63, 3.8) is 0 Å². The number of aromatic nitrogens is 3. The van der Waals surface area contributed by atoms with E-state index < -0.39 is 21.8 Å². The van der Waals surface area contributed by atoms with Crippen LogP contribution >= 0.6 is 0 Å². The van der Waals surface area contributed by atoms with Crippen LogP contribution in [0.3, 0.4) is 0 Å². The standard InChI is InChI=1S/C19H24F3N5O2S/c1-13(2)25-8-7-14(11-25)18-24-23-17-12-26(9-10-27(17)18)30(28,29)16-5-3-15(4-6-16)19(20,21)22/h3-6,13-14H,7-12H2,1-2H3. The fourth-order valence-corrected chi connectivity index (χ4v) is 5.48. The third-order valence-corrected chi connectivity index (χ3v) is 7.74. The number of benzene rings is 1. The van der Waals surface area contributed by atoms with E-state index in [0.717, 1.165) is 49.6 Å². The maximum atomic E-state index is 12.9. The van der Waals surface area contributed by atoms with Crippen LogP contribution in [0.25, 0.3) is 0 Å². The molecule has 4 rings (SSSR count). The minimum absolute atomic E-state index is 0.0526. The van der Waals surface area contributed by atoms with Crippen molar-refractivity contribution in [2.45, 2.75) is 56.4 Å². The zero-order valence-electron chi connectivity index (χ0n) is 16.8. The lowest BCUT2D eigenvalue weighted by molar-refractivity contribution is -0.137. The highest BCUT2D eigenvalue weighted by Crippen LogP contribution is 2.32. The quantitative estimate of drug-likeness (QED) is 0.727. The van der Waals surface area contributed by atoms with E-state index in [9.17, 15) is 21.6 Å². The molecule has 0 aliphatic carbocycles. The van der Waals surface area contributed by atoms with E-state index >= 15 is 0 Å². The summed E-state index contributed by atoms with van der Waals surface area (Å²) in [7, 11) is -3.92. The van der Waals surface area contributed by atoms with Crippen LogP contribution in [0.4, 0.5) is 13.2 Å². The molecule has 30 heavy (non-hydrogen) atoms. The van der Waals surface area contributed by atoms with E-state index in [2.05, 4.69) is 28.9 Å². The average molecular weight is 443 g/mol. The summed E-state index contributed by atoms with van der Waals surface area (Å²) in [6.07, 6.45) is -3.52. The van der Waals surface area contributed by atoms with Crippen LogP contribution in [0.5, 0.6) is 0 Å². The molecular formula is C19H24F3N5O2S. The van der Waals surface area contributed by atoms with Gasteiger partial charge in [0.15, 0.2) is 0 Å². The molecule has 1 aromatic heterocycles. The number of hydrogen-bond donors (Lipinski definition) is 0. The van der Waals surface area contributed by atoms with Crippen molar-refractivity contribution in [3.05, 3.63) is 41.5 Å². The molecule has 0 radical (unpaired) electrons. The summed E-state index contributed by atoms with van der Waals surface area (Å²) in [6, 6.07) is 4.04. The molecule has 1 aromatic carbocycles. The first-order valence-corrected chi connectivity index (χ1v) is 11.3. The number of hydrogen-bond acceptors (Lipinski definition) is 5. The Kier molecular flexibility index (Phi) is 5.39. The van der Waals surface area contributed by atoms with Gasteiger partial charge in [0.2, 0.25) is 10.0 Å². The smallest absolute Gasteiger partial charge is 0.312 e. The molecule has 1 atom stereocenters. The molecule has 11 heteroatoms. The van der Waals surface area contributed by atoms with Crippen molar-refractivity contribution in [2.75, 3.05) is 19.6 Å². The summed E-state index contributed by atoms with van der Waals surface area (Å²) < 4.78 is 67.3. The number of alkyl halides is 3. The summed E-state index contributed by atoms with van der Waals surface area (Å²) in [5.74, 6) is 1.72. The minimum Gasteiger partial charge on any atom is -0.312 e. The van der Waals surface area contributed by atoms with Crippen molar-refractivity contribution < 1.29 is 21.6 Å². The number of likely N-dealkylation sites (tertiary alicyclic amines) is 1. The topological polar surface area (TPSA) is 71.3 Å². The molecule has 2 aliphatic heterocycles. The van der Waals surface area contributed by atoms with Crippen LogP contribution < -0.4 is 0 Å². The molecule has 0 spiro atoms. The fourth-order valence-electron chi connectivity index (χ4n) is 4.10. The summed E-state index contributed by atoms with van der Waals surface area (Å²) >= 11 is 0. The van der Waals surface area contributed by atoms with E-state index in [1.54, 1.807) is 0 Å². The first-order valence-electron chi connectivity index (χ1n) is 9.91. The Labute approximate surface area is 173 Å². The van der Waals surface area contributed by atoms with Gasteiger partial charge in [-0.15, -0.1) is 10.2 Å². The van der Waals surface area contributed by atoms with Gasteiger partial charge in [-0.1, -0.05) is 0 Å². The monoisotopic (exact) mass is 443 g/mol. The third kappa shape index (κ3) is 3.85. The van der Waals surface area contributed by atoms with E-state index in [4.69, 9.17) is 0 Å². The highest BCUT2D eigenvalue weighted by atomic mass is 32.2.